The largest absolute Gasteiger partial charge is 0.492 e. The predicted molar refractivity (Wildman–Crippen MR) is 125 cm³/mol. The average Bonchev–Trinajstić information content (AvgIpc) is 2.65. The Kier molecular flexibility index (Phi) is 11.8. The number of hydrogen-bond acceptors (Lipinski definition) is 5. The van der Waals surface area contributed by atoms with Crippen LogP contribution in [0.4, 0.5) is 0 Å². The van der Waals surface area contributed by atoms with Crippen LogP contribution in [-0.2, 0) is 9.84 Å². The molecular weight excluding hydrogens is 491 g/mol. The fraction of sp³-hybridized carbons (Fsp3) is 0.632. The molecule has 2 N–H and O–H groups in total. The van der Waals surface area contributed by atoms with Gasteiger partial charge in [0.1, 0.15) is 12.4 Å². The first kappa shape index (κ1) is 25.0. The normalized spacial score (nSPS) is 15.6. The molecule has 28 heavy (non-hydrogen) atoms. The van der Waals surface area contributed by atoms with Crippen molar-refractivity contribution in [2.75, 3.05) is 52.1 Å². The fourth-order valence-electron chi connectivity index (χ4n) is 2.95. The van der Waals surface area contributed by atoms with Gasteiger partial charge in [-0.25, -0.2) is 8.42 Å². The van der Waals surface area contributed by atoms with Gasteiger partial charge in [0.15, 0.2) is 15.8 Å². The second-order valence-corrected chi connectivity index (χ2v) is 8.70. The van der Waals surface area contributed by atoms with Crippen LogP contribution in [-0.4, -0.2) is 71.4 Å². The first-order chi connectivity index (χ1) is 13.0. The Labute approximate surface area is 186 Å². The molecule has 1 aliphatic heterocycles. The number of ether oxygens (including phenoxy) is 1. The third-order valence-corrected chi connectivity index (χ3v) is 5.52. The maximum Gasteiger partial charge on any atom is 0.191 e. The Morgan fingerprint density at radius 2 is 1.82 bits per heavy atom. The lowest BCUT2D eigenvalue weighted by molar-refractivity contribution is 0.235. The molecule has 0 unspecified atom stereocenters. The third kappa shape index (κ3) is 9.42. The van der Waals surface area contributed by atoms with Gasteiger partial charge in [-0.3, -0.25) is 4.99 Å². The smallest absolute Gasteiger partial charge is 0.191 e. The molecule has 0 amide bonds. The summed E-state index contributed by atoms with van der Waals surface area (Å²) in [6.07, 6.45) is 5.13. The first-order valence-corrected chi connectivity index (χ1v) is 11.6. The molecule has 0 bridgehead atoms. The SMILES string of the molecule is CCNC(=NCCN1CCCCC1)NCCOc1ccc(S(C)(=O)=O)cc1.I. The molecule has 0 aromatic heterocycles. The summed E-state index contributed by atoms with van der Waals surface area (Å²) < 4.78 is 28.6. The van der Waals surface area contributed by atoms with E-state index in [1.807, 2.05) is 6.92 Å². The third-order valence-electron chi connectivity index (χ3n) is 4.39. The number of hydrogen-bond donors (Lipinski definition) is 2. The molecule has 1 saturated heterocycles. The lowest BCUT2D eigenvalue weighted by atomic mass is 10.1. The second kappa shape index (κ2) is 13.2. The Bertz CT molecular complexity index is 690. The van der Waals surface area contributed by atoms with Gasteiger partial charge in [0.05, 0.1) is 18.0 Å². The number of sulfone groups is 1. The van der Waals surface area contributed by atoms with Crippen molar-refractivity contribution in [3.8, 4) is 5.75 Å². The number of rotatable bonds is 9. The summed E-state index contributed by atoms with van der Waals surface area (Å²) in [7, 11) is -3.17. The van der Waals surface area contributed by atoms with Gasteiger partial charge in [-0.2, -0.15) is 0 Å². The highest BCUT2D eigenvalue weighted by Crippen LogP contribution is 2.15. The molecular formula is C19H33IN4O3S. The van der Waals surface area contributed by atoms with Gasteiger partial charge in [-0.15, -0.1) is 24.0 Å². The molecule has 0 radical (unpaired) electrons. The summed E-state index contributed by atoms with van der Waals surface area (Å²) in [5.41, 5.74) is 0. The molecule has 1 aromatic carbocycles. The number of nitrogens with zero attached hydrogens (tertiary/aromatic N) is 2. The van der Waals surface area contributed by atoms with Crippen molar-refractivity contribution in [2.45, 2.75) is 31.1 Å². The van der Waals surface area contributed by atoms with Crippen LogP contribution < -0.4 is 15.4 Å². The number of halogens is 1. The molecule has 1 aromatic rings. The molecule has 0 atom stereocenters. The van der Waals surface area contributed by atoms with Crippen LogP contribution in [0.3, 0.4) is 0 Å². The lowest BCUT2D eigenvalue weighted by Crippen LogP contribution is -2.40. The van der Waals surface area contributed by atoms with E-state index in [4.69, 9.17) is 4.74 Å². The van der Waals surface area contributed by atoms with Crippen LogP contribution in [0, 0.1) is 0 Å². The van der Waals surface area contributed by atoms with Gasteiger partial charge in [-0.1, -0.05) is 6.42 Å². The van der Waals surface area contributed by atoms with Crippen molar-refractivity contribution in [1.29, 1.82) is 0 Å². The zero-order valence-corrected chi connectivity index (χ0v) is 20.0. The van der Waals surface area contributed by atoms with Gasteiger partial charge in [-0.05, 0) is 57.1 Å². The molecule has 2 rings (SSSR count). The zero-order valence-electron chi connectivity index (χ0n) is 16.8. The highest BCUT2D eigenvalue weighted by atomic mass is 127. The van der Waals surface area contributed by atoms with Gasteiger partial charge in [0, 0.05) is 19.3 Å². The number of aliphatic imine (C=N–C) groups is 1. The van der Waals surface area contributed by atoms with E-state index >= 15 is 0 Å². The molecule has 9 heteroatoms. The summed E-state index contributed by atoms with van der Waals surface area (Å²) in [4.78, 5) is 7.39. The van der Waals surface area contributed by atoms with Crippen molar-refractivity contribution in [3.63, 3.8) is 0 Å². The Morgan fingerprint density at radius 1 is 1.14 bits per heavy atom. The van der Waals surface area contributed by atoms with Crippen LogP contribution >= 0.6 is 24.0 Å². The first-order valence-electron chi connectivity index (χ1n) is 9.66. The lowest BCUT2D eigenvalue weighted by Gasteiger charge is -2.25. The maximum absolute atomic E-state index is 11.5. The van der Waals surface area contributed by atoms with E-state index in [2.05, 4.69) is 20.5 Å². The number of nitrogens with one attached hydrogen (secondary N) is 2. The summed E-state index contributed by atoms with van der Waals surface area (Å²) in [5.74, 6) is 1.45. The number of piperidine rings is 1. The summed E-state index contributed by atoms with van der Waals surface area (Å²) in [6, 6.07) is 6.47. The van der Waals surface area contributed by atoms with E-state index in [1.165, 1.54) is 38.6 Å². The molecule has 0 aliphatic carbocycles. The van der Waals surface area contributed by atoms with E-state index < -0.39 is 9.84 Å². The van der Waals surface area contributed by atoms with Crippen LogP contribution in [0.25, 0.3) is 0 Å². The Morgan fingerprint density at radius 3 is 2.43 bits per heavy atom. The molecule has 0 saturated carbocycles. The van der Waals surface area contributed by atoms with Crippen molar-refractivity contribution in [1.82, 2.24) is 15.5 Å². The molecule has 1 fully saturated rings. The van der Waals surface area contributed by atoms with Crippen molar-refractivity contribution in [2.24, 2.45) is 4.99 Å². The molecule has 7 nitrogen and oxygen atoms in total. The highest BCUT2D eigenvalue weighted by Gasteiger charge is 2.09. The molecule has 1 heterocycles. The van der Waals surface area contributed by atoms with Crippen LogP contribution in [0.1, 0.15) is 26.2 Å². The predicted octanol–water partition coefficient (Wildman–Crippen LogP) is 2.13. The van der Waals surface area contributed by atoms with Crippen LogP contribution in [0.2, 0.25) is 0 Å². The minimum absolute atomic E-state index is 0. The van der Waals surface area contributed by atoms with Gasteiger partial charge >= 0.3 is 0 Å². The average molecular weight is 524 g/mol. The van der Waals surface area contributed by atoms with Gasteiger partial charge in [0.25, 0.3) is 0 Å². The number of benzene rings is 1. The minimum Gasteiger partial charge on any atom is -0.492 e. The zero-order chi connectivity index (χ0) is 19.5. The molecule has 0 spiro atoms. The quantitative estimate of drug-likeness (QED) is 0.223. The van der Waals surface area contributed by atoms with Crippen molar-refractivity contribution in [3.05, 3.63) is 24.3 Å². The molecule has 160 valence electrons. The van der Waals surface area contributed by atoms with E-state index in [9.17, 15) is 8.42 Å². The summed E-state index contributed by atoms with van der Waals surface area (Å²) in [6.45, 7) is 8.09. The van der Waals surface area contributed by atoms with Gasteiger partial charge in [0.2, 0.25) is 0 Å². The minimum atomic E-state index is -3.17. The summed E-state index contributed by atoms with van der Waals surface area (Å²) in [5, 5.41) is 6.51. The Balaban J connectivity index is 0.00000392. The van der Waals surface area contributed by atoms with E-state index in [-0.39, 0.29) is 24.0 Å². The summed E-state index contributed by atoms with van der Waals surface area (Å²) >= 11 is 0. The second-order valence-electron chi connectivity index (χ2n) is 6.68. The van der Waals surface area contributed by atoms with Crippen LogP contribution in [0.5, 0.6) is 5.75 Å². The van der Waals surface area contributed by atoms with Crippen molar-refractivity contribution >= 4 is 39.8 Å². The Hall–Kier alpha value is -1.07. The highest BCUT2D eigenvalue weighted by molar-refractivity contribution is 14.0. The topological polar surface area (TPSA) is 83.0 Å². The van der Waals surface area contributed by atoms with E-state index in [0.29, 0.717) is 23.8 Å². The van der Waals surface area contributed by atoms with Crippen LogP contribution in [0.15, 0.2) is 34.2 Å². The van der Waals surface area contributed by atoms with Gasteiger partial charge < -0.3 is 20.3 Å². The van der Waals surface area contributed by atoms with E-state index in [1.54, 1.807) is 24.3 Å². The number of guanidine groups is 1. The number of likely N-dealkylation sites (tertiary alicyclic amines) is 1. The standard InChI is InChI=1S/C19H32N4O3S.HI/c1-3-20-19(21-11-15-23-13-5-4-6-14-23)22-12-16-26-17-7-9-18(10-8-17)27(2,24)25;/h7-10H,3-6,11-16H2,1-2H3,(H2,20,21,22);1H. The van der Waals surface area contributed by atoms with Crippen molar-refractivity contribution < 1.29 is 13.2 Å². The maximum atomic E-state index is 11.5. The fourth-order valence-corrected chi connectivity index (χ4v) is 3.58. The monoisotopic (exact) mass is 524 g/mol. The van der Waals surface area contributed by atoms with E-state index in [0.717, 1.165) is 25.6 Å². The molecule has 1 aliphatic rings.